The SMILES string of the molecule is NC(N)=NCCCC(NC(=O)C1CCCN1C(=O)C(N)CCC(=O)O)C(=O)NC(CCC(=O)O)C(=O)O. The van der Waals surface area contributed by atoms with Gasteiger partial charge in [0.05, 0.1) is 6.04 Å². The van der Waals surface area contributed by atoms with Gasteiger partial charge in [-0.15, -0.1) is 0 Å². The summed E-state index contributed by atoms with van der Waals surface area (Å²) < 4.78 is 0. The molecule has 4 unspecified atom stereocenters. The summed E-state index contributed by atoms with van der Waals surface area (Å²) in [5, 5.41) is 31.7. The Balaban J connectivity index is 2.96. The van der Waals surface area contributed by atoms with Gasteiger partial charge in [0.15, 0.2) is 5.96 Å². The van der Waals surface area contributed by atoms with Crippen LogP contribution in [0, 0.1) is 0 Å². The maximum atomic E-state index is 13.1. The van der Waals surface area contributed by atoms with E-state index in [0.29, 0.717) is 6.42 Å². The Labute approximate surface area is 212 Å². The molecule has 16 heteroatoms. The molecule has 4 atom stereocenters. The van der Waals surface area contributed by atoms with Gasteiger partial charge in [-0.05, 0) is 38.5 Å². The Morgan fingerprint density at radius 2 is 1.54 bits per heavy atom. The zero-order valence-corrected chi connectivity index (χ0v) is 20.3. The molecule has 208 valence electrons. The third-order valence-electron chi connectivity index (χ3n) is 5.66. The van der Waals surface area contributed by atoms with Gasteiger partial charge >= 0.3 is 17.9 Å². The number of carbonyl (C=O) groups excluding carboxylic acids is 3. The standard InChI is InChI=1S/C21H35N7O9/c22-11(5-7-15(29)30)19(35)28-10-2-4-14(28)18(34)26-12(3-1-9-25-21(23)24)17(33)27-13(20(36)37)6-8-16(31)32/h11-14H,1-10,22H2,(H,26,34)(H,27,33)(H,29,30)(H,31,32)(H,36,37)(H4,23,24,25). The molecule has 1 saturated heterocycles. The van der Waals surface area contributed by atoms with E-state index in [-0.39, 0.29) is 57.6 Å². The Morgan fingerprint density at radius 3 is 2.11 bits per heavy atom. The van der Waals surface area contributed by atoms with E-state index in [0.717, 1.165) is 0 Å². The fourth-order valence-corrected chi connectivity index (χ4v) is 3.76. The van der Waals surface area contributed by atoms with Gasteiger partial charge in [0.1, 0.15) is 18.1 Å². The van der Waals surface area contributed by atoms with Crippen molar-refractivity contribution < 1.29 is 44.1 Å². The molecule has 0 aromatic heterocycles. The summed E-state index contributed by atoms with van der Waals surface area (Å²) in [6, 6.07) is -4.81. The summed E-state index contributed by atoms with van der Waals surface area (Å²) in [5.74, 6) is -6.09. The minimum Gasteiger partial charge on any atom is -0.481 e. The molecule has 3 amide bonds. The number of carbonyl (C=O) groups is 6. The zero-order chi connectivity index (χ0) is 28.1. The lowest BCUT2D eigenvalue weighted by Gasteiger charge is -2.28. The van der Waals surface area contributed by atoms with Gasteiger partial charge in [-0.2, -0.15) is 0 Å². The van der Waals surface area contributed by atoms with Gasteiger partial charge in [0, 0.05) is 25.9 Å². The maximum Gasteiger partial charge on any atom is 0.326 e. The summed E-state index contributed by atoms with van der Waals surface area (Å²) in [4.78, 5) is 76.7. The van der Waals surface area contributed by atoms with Crippen molar-refractivity contribution in [1.29, 1.82) is 0 Å². The Bertz CT molecular complexity index is 892. The van der Waals surface area contributed by atoms with E-state index in [1.54, 1.807) is 0 Å². The molecule has 0 spiro atoms. The minimum atomic E-state index is -1.50. The van der Waals surface area contributed by atoms with Gasteiger partial charge in [-0.3, -0.25) is 29.0 Å². The largest absolute Gasteiger partial charge is 0.481 e. The molecule has 1 fully saturated rings. The number of nitrogens with one attached hydrogen (secondary N) is 2. The Kier molecular flexibility index (Phi) is 12.8. The highest BCUT2D eigenvalue weighted by Crippen LogP contribution is 2.19. The van der Waals surface area contributed by atoms with Gasteiger partial charge in [-0.1, -0.05) is 0 Å². The van der Waals surface area contributed by atoms with Gasteiger partial charge in [-0.25, -0.2) is 4.79 Å². The molecule has 16 nitrogen and oxygen atoms in total. The number of likely N-dealkylation sites (tertiary alicyclic amines) is 1. The second-order valence-electron chi connectivity index (χ2n) is 8.57. The molecular formula is C21H35N7O9. The summed E-state index contributed by atoms with van der Waals surface area (Å²) in [6.07, 6.45) is -0.293. The van der Waals surface area contributed by atoms with Crippen LogP contribution in [-0.2, 0) is 28.8 Å². The lowest BCUT2D eigenvalue weighted by Crippen LogP contribution is -2.56. The van der Waals surface area contributed by atoms with Crippen molar-refractivity contribution >= 4 is 41.6 Å². The highest BCUT2D eigenvalue weighted by Gasteiger charge is 2.38. The number of aliphatic carboxylic acids is 3. The highest BCUT2D eigenvalue weighted by molar-refractivity contribution is 5.94. The quantitative estimate of drug-likeness (QED) is 0.0569. The topological polar surface area (TPSA) is 281 Å². The summed E-state index contributed by atoms with van der Waals surface area (Å²) >= 11 is 0. The van der Waals surface area contributed by atoms with Gasteiger partial charge in [0.25, 0.3) is 0 Å². The van der Waals surface area contributed by atoms with Crippen LogP contribution in [0.2, 0.25) is 0 Å². The van der Waals surface area contributed by atoms with E-state index in [4.69, 9.17) is 27.4 Å². The van der Waals surface area contributed by atoms with Gasteiger partial charge in [0.2, 0.25) is 17.7 Å². The number of guanidine groups is 1. The predicted octanol–water partition coefficient (Wildman–Crippen LogP) is -2.86. The average molecular weight is 530 g/mol. The molecule has 0 saturated carbocycles. The average Bonchev–Trinajstić information content (AvgIpc) is 3.30. The van der Waals surface area contributed by atoms with Crippen molar-refractivity contribution in [2.75, 3.05) is 13.1 Å². The fourth-order valence-electron chi connectivity index (χ4n) is 3.76. The van der Waals surface area contributed by atoms with Crippen molar-refractivity contribution in [3.63, 3.8) is 0 Å². The van der Waals surface area contributed by atoms with Crippen molar-refractivity contribution in [2.24, 2.45) is 22.2 Å². The van der Waals surface area contributed by atoms with Gasteiger partial charge < -0.3 is 48.1 Å². The minimum absolute atomic E-state index is 0.0123. The van der Waals surface area contributed by atoms with Crippen LogP contribution in [0.3, 0.4) is 0 Å². The number of hydrogen-bond acceptors (Lipinski definition) is 8. The molecule has 0 aromatic rings. The van der Waals surface area contributed by atoms with E-state index in [2.05, 4.69) is 15.6 Å². The first kappa shape index (κ1) is 31.1. The van der Waals surface area contributed by atoms with Crippen LogP contribution in [0.5, 0.6) is 0 Å². The number of carboxylic acids is 3. The third-order valence-corrected chi connectivity index (χ3v) is 5.66. The zero-order valence-electron chi connectivity index (χ0n) is 20.3. The summed E-state index contributed by atoms with van der Waals surface area (Å²) in [6.45, 7) is 0.338. The first-order chi connectivity index (χ1) is 17.3. The Morgan fingerprint density at radius 1 is 0.919 bits per heavy atom. The molecule has 11 N–H and O–H groups in total. The van der Waals surface area contributed by atoms with Crippen LogP contribution >= 0.6 is 0 Å². The number of carboxylic acid groups (broad SMARTS) is 3. The second-order valence-corrected chi connectivity index (χ2v) is 8.57. The van der Waals surface area contributed by atoms with Crippen LogP contribution in [0.15, 0.2) is 4.99 Å². The van der Waals surface area contributed by atoms with Crippen molar-refractivity contribution in [2.45, 2.75) is 75.5 Å². The van der Waals surface area contributed by atoms with Crippen LogP contribution in [0.1, 0.15) is 51.4 Å². The van der Waals surface area contributed by atoms with Crippen LogP contribution < -0.4 is 27.8 Å². The smallest absolute Gasteiger partial charge is 0.326 e. The highest BCUT2D eigenvalue weighted by atomic mass is 16.4. The van der Waals surface area contributed by atoms with Crippen LogP contribution in [0.25, 0.3) is 0 Å². The number of aliphatic imine (C=N–C) groups is 1. The lowest BCUT2D eigenvalue weighted by molar-refractivity contribution is -0.144. The molecule has 1 heterocycles. The monoisotopic (exact) mass is 529 g/mol. The molecule has 1 aliphatic heterocycles. The number of rotatable bonds is 16. The van der Waals surface area contributed by atoms with Crippen molar-refractivity contribution in [3.05, 3.63) is 0 Å². The normalized spacial score (nSPS) is 17.2. The molecule has 0 radical (unpaired) electrons. The molecule has 1 rings (SSSR count). The molecular weight excluding hydrogens is 494 g/mol. The van der Waals surface area contributed by atoms with E-state index >= 15 is 0 Å². The second kappa shape index (κ2) is 15.2. The molecule has 0 bridgehead atoms. The Hall–Kier alpha value is -3.95. The third kappa shape index (κ3) is 11.1. The number of nitrogens with zero attached hydrogens (tertiary/aromatic N) is 2. The molecule has 37 heavy (non-hydrogen) atoms. The van der Waals surface area contributed by atoms with E-state index in [9.17, 15) is 33.9 Å². The van der Waals surface area contributed by atoms with Crippen molar-refractivity contribution in [1.82, 2.24) is 15.5 Å². The molecule has 0 aliphatic carbocycles. The number of hydrogen-bond donors (Lipinski definition) is 8. The first-order valence-electron chi connectivity index (χ1n) is 11.7. The fraction of sp³-hybridized carbons (Fsp3) is 0.667. The van der Waals surface area contributed by atoms with E-state index in [1.807, 2.05) is 0 Å². The number of amides is 3. The van der Waals surface area contributed by atoms with Crippen LogP contribution in [-0.4, -0.2) is 99.1 Å². The molecule has 0 aromatic carbocycles. The number of nitrogens with two attached hydrogens (primary N) is 3. The molecule has 1 aliphatic rings. The van der Waals surface area contributed by atoms with E-state index < -0.39 is 66.2 Å². The maximum absolute atomic E-state index is 13.1. The van der Waals surface area contributed by atoms with E-state index in [1.165, 1.54) is 4.90 Å². The van der Waals surface area contributed by atoms with Crippen molar-refractivity contribution in [3.8, 4) is 0 Å². The first-order valence-corrected chi connectivity index (χ1v) is 11.7. The summed E-state index contributed by atoms with van der Waals surface area (Å²) in [5.41, 5.74) is 16.4. The summed E-state index contributed by atoms with van der Waals surface area (Å²) in [7, 11) is 0. The lowest BCUT2D eigenvalue weighted by atomic mass is 10.1. The van der Waals surface area contributed by atoms with Crippen LogP contribution in [0.4, 0.5) is 0 Å². The predicted molar refractivity (Wildman–Crippen MR) is 128 cm³/mol.